The zero-order chi connectivity index (χ0) is 18.4. The smallest absolute Gasteiger partial charge is 0.206 e. The minimum Gasteiger partial charge on any atom is -0.206 e. The first-order valence-electron chi connectivity index (χ1n) is 6.57. The molecule has 2 rings (SSSR count). The first-order valence-corrected chi connectivity index (χ1v) is 6.57. The van der Waals surface area contributed by atoms with Crippen LogP contribution in [-0.2, 0) is 12.4 Å². The fourth-order valence-corrected chi connectivity index (χ4v) is 2.44. The third-order valence-corrected chi connectivity index (χ3v) is 3.33. The third-order valence-electron chi connectivity index (χ3n) is 3.33. The van der Waals surface area contributed by atoms with Crippen molar-refractivity contribution in [2.75, 3.05) is 0 Å². The molecule has 0 saturated carbocycles. The molecular weight excluding hydrogens is 344 g/mol. The van der Waals surface area contributed by atoms with Gasteiger partial charge in [-0.05, 0) is 49.2 Å². The number of halogens is 8. The van der Waals surface area contributed by atoms with Crippen molar-refractivity contribution in [2.24, 2.45) is 0 Å². The van der Waals surface area contributed by atoms with Crippen LogP contribution < -0.4 is 0 Å². The van der Waals surface area contributed by atoms with Crippen molar-refractivity contribution in [3.8, 4) is 11.1 Å². The average molecular weight is 354 g/mol. The molecular formula is C16H10F8. The number of hydrogen-bond donors (Lipinski definition) is 0. The van der Waals surface area contributed by atoms with Crippen molar-refractivity contribution in [1.29, 1.82) is 0 Å². The number of benzene rings is 2. The van der Waals surface area contributed by atoms with E-state index in [0.29, 0.717) is 24.3 Å². The molecule has 0 unspecified atom stereocenters. The predicted molar refractivity (Wildman–Crippen MR) is 71.3 cm³/mol. The van der Waals surface area contributed by atoms with Crippen LogP contribution in [0.15, 0.2) is 24.3 Å². The predicted octanol–water partition coefficient (Wildman–Crippen LogP) is 6.29. The van der Waals surface area contributed by atoms with Gasteiger partial charge in [0.2, 0.25) is 0 Å². The van der Waals surface area contributed by atoms with E-state index in [2.05, 4.69) is 0 Å². The van der Waals surface area contributed by atoms with Crippen molar-refractivity contribution in [1.82, 2.24) is 0 Å². The van der Waals surface area contributed by atoms with E-state index in [4.69, 9.17) is 0 Å². The quantitative estimate of drug-likeness (QED) is 0.528. The highest BCUT2D eigenvalue weighted by molar-refractivity contribution is 5.74. The summed E-state index contributed by atoms with van der Waals surface area (Å²) in [6.45, 7) is 2.30. The highest BCUT2D eigenvalue weighted by atomic mass is 19.4. The zero-order valence-corrected chi connectivity index (χ0v) is 12.3. The topological polar surface area (TPSA) is 0 Å². The molecule has 24 heavy (non-hydrogen) atoms. The Morgan fingerprint density at radius 3 is 1.12 bits per heavy atom. The van der Waals surface area contributed by atoms with Gasteiger partial charge in [-0.3, -0.25) is 0 Å². The molecule has 0 aliphatic heterocycles. The van der Waals surface area contributed by atoms with Crippen LogP contribution in [0.1, 0.15) is 22.3 Å². The van der Waals surface area contributed by atoms with E-state index in [-0.39, 0.29) is 11.1 Å². The molecule has 0 fully saturated rings. The molecule has 0 bridgehead atoms. The summed E-state index contributed by atoms with van der Waals surface area (Å²) in [4.78, 5) is 0. The maximum absolute atomic E-state index is 14.1. The summed E-state index contributed by atoms with van der Waals surface area (Å²) in [7, 11) is 0. The van der Waals surface area contributed by atoms with Crippen LogP contribution >= 0.6 is 0 Å². The van der Waals surface area contributed by atoms with Crippen LogP contribution in [0.4, 0.5) is 35.1 Å². The molecule has 0 heterocycles. The molecule has 0 atom stereocenters. The second-order valence-corrected chi connectivity index (χ2v) is 5.33. The summed E-state index contributed by atoms with van der Waals surface area (Å²) in [6, 6.07) is 2.23. The van der Waals surface area contributed by atoms with E-state index >= 15 is 0 Å². The zero-order valence-electron chi connectivity index (χ0n) is 12.3. The second kappa shape index (κ2) is 5.75. The van der Waals surface area contributed by atoms with Gasteiger partial charge < -0.3 is 0 Å². The maximum atomic E-state index is 14.1. The minimum absolute atomic E-state index is 0.148. The Bertz CT molecular complexity index is 717. The molecule has 8 heteroatoms. The highest BCUT2D eigenvalue weighted by Crippen LogP contribution is 2.45. The Labute approximate surface area is 131 Å². The lowest BCUT2D eigenvalue weighted by atomic mass is 9.91. The van der Waals surface area contributed by atoms with E-state index in [1.54, 1.807) is 0 Å². The van der Waals surface area contributed by atoms with Crippen molar-refractivity contribution in [3.63, 3.8) is 0 Å². The maximum Gasteiger partial charge on any atom is 0.417 e. The van der Waals surface area contributed by atoms with Gasteiger partial charge in [0.1, 0.15) is 11.6 Å². The number of aryl methyl sites for hydroxylation is 2. The van der Waals surface area contributed by atoms with E-state index in [9.17, 15) is 35.1 Å². The monoisotopic (exact) mass is 354 g/mol. The van der Waals surface area contributed by atoms with E-state index in [0.717, 1.165) is 13.8 Å². The summed E-state index contributed by atoms with van der Waals surface area (Å²) in [6.07, 6.45) is -10.3. The van der Waals surface area contributed by atoms with Crippen LogP contribution in [0.5, 0.6) is 0 Å². The molecule has 0 nitrogen and oxygen atoms in total. The van der Waals surface area contributed by atoms with E-state index in [1.807, 2.05) is 0 Å². The van der Waals surface area contributed by atoms with Crippen molar-refractivity contribution < 1.29 is 35.1 Å². The molecule has 0 aliphatic carbocycles. The normalized spacial score (nSPS) is 12.6. The molecule has 0 aromatic heterocycles. The highest BCUT2D eigenvalue weighted by Gasteiger charge is 2.41. The van der Waals surface area contributed by atoms with Gasteiger partial charge in [-0.15, -0.1) is 0 Å². The van der Waals surface area contributed by atoms with Crippen LogP contribution in [0.3, 0.4) is 0 Å². The molecule has 0 aliphatic rings. The summed E-state index contributed by atoms with van der Waals surface area (Å²) in [5.41, 5.74) is -6.51. The lowest BCUT2D eigenvalue weighted by Crippen LogP contribution is -2.14. The summed E-state index contributed by atoms with van der Waals surface area (Å²) >= 11 is 0. The van der Waals surface area contributed by atoms with Gasteiger partial charge in [0.05, 0.1) is 11.1 Å². The Kier molecular flexibility index (Phi) is 4.37. The Morgan fingerprint density at radius 2 is 0.875 bits per heavy atom. The molecule has 0 saturated heterocycles. The summed E-state index contributed by atoms with van der Waals surface area (Å²) in [5.74, 6) is -3.15. The third kappa shape index (κ3) is 3.37. The molecule has 2 aromatic carbocycles. The van der Waals surface area contributed by atoms with Crippen LogP contribution in [0, 0.1) is 25.5 Å². The fourth-order valence-electron chi connectivity index (χ4n) is 2.44. The molecule has 0 N–H and O–H groups in total. The SMILES string of the molecule is Cc1cc(F)c(-c2c(F)cc(C)cc2C(F)(F)F)c(C(F)(F)F)c1. The first kappa shape index (κ1) is 18.2. The van der Waals surface area contributed by atoms with Crippen LogP contribution in [0.2, 0.25) is 0 Å². The van der Waals surface area contributed by atoms with Gasteiger partial charge in [0.15, 0.2) is 0 Å². The van der Waals surface area contributed by atoms with Crippen LogP contribution in [0.25, 0.3) is 11.1 Å². The lowest BCUT2D eigenvalue weighted by molar-refractivity contribution is -0.139. The Morgan fingerprint density at radius 1 is 0.583 bits per heavy atom. The molecule has 0 spiro atoms. The minimum atomic E-state index is -5.15. The molecule has 2 aromatic rings. The number of hydrogen-bond acceptors (Lipinski definition) is 0. The number of rotatable bonds is 1. The van der Waals surface area contributed by atoms with Crippen LogP contribution in [-0.4, -0.2) is 0 Å². The van der Waals surface area contributed by atoms with Gasteiger partial charge in [0.25, 0.3) is 0 Å². The molecule has 0 radical (unpaired) electrons. The first-order chi connectivity index (χ1) is 10.8. The van der Waals surface area contributed by atoms with Gasteiger partial charge >= 0.3 is 12.4 Å². The van der Waals surface area contributed by atoms with Crippen molar-refractivity contribution in [2.45, 2.75) is 26.2 Å². The van der Waals surface area contributed by atoms with E-state index in [1.165, 1.54) is 0 Å². The van der Waals surface area contributed by atoms with Crippen molar-refractivity contribution >= 4 is 0 Å². The molecule has 0 amide bonds. The van der Waals surface area contributed by atoms with Gasteiger partial charge in [0, 0.05) is 11.1 Å². The Balaban J connectivity index is 2.98. The van der Waals surface area contributed by atoms with Gasteiger partial charge in [-0.2, -0.15) is 26.3 Å². The van der Waals surface area contributed by atoms with Gasteiger partial charge in [-0.1, -0.05) is 0 Å². The van der Waals surface area contributed by atoms with E-state index < -0.39 is 46.2 Å². The average Bonchev–Trinajstić information content (AvgIpc) is 2.36. The van der Waals surface area contributed by atoms with Crippen molar-refractivity contribution in [3.05, 3.63) is 58.2 Å². The Hall–Kier alpha value is -2.12. The largest absolute Gasteiger partial charge is 0.417 e. The summed E-state index contributed by atoms with van der Waals surface area (Å²) < 4.78 is 107. The standard InChI is InChI=1S/C16H10F8/c1-7-3-9(15(19,20)21)13(11(17)5-7)14-10(16(22,23)24)4-8(2)6-12(14)18/h3-6H,1-2H3. The lowest BCUT2D eigenvalue weighted by Gasteiger charge is -2.20. The molecule has 130 valence electrons. The second-order valence-electron chi connectivity index (χ2n) is 5.33. The van der Waals surface area contributed by atoms with Gasteiger partial charge in [-0.25, -0.2) is 8.78 Å². The summed E-state index contributed by atoms with van der Waals surface area (Å²) in [5, 5.41) is 0. The fraction of sp³-hybridized carbons (Fsp3) is 0.250. The number of alkyl halides is 6.